The van der Waals surface area contributed by atoms with Crippen LogP contribution in [-0.4, -0.2) is 25.5 Å². The maximum Gasteiger partial charge on any atom is 0.198 e. The average Bonchev–Trinajstić information content (AvgIpc) is 2.75. The number of nitrogens with zero attached hydrogens (tertiary/aromatic N) is 2. The van der Waals surface area contributed by atoms with Gasteiger partial charge < -0.3 is 14.8 Å². The topological polar surface area (TPSA) is 46.1 Å². The molecule has 0 unspecified atom stereocenters. The molecule has 5 nitrogen and oxygen atoms in total. The summed E-state index contributed by atoms with van der Waals surface area (Å²) in [5.41, 5.74) is 2.55. The molecule has 3 aromatic rings. The number of para-hydroxylation sites is 2. The van der Waals surface area contributed by atoms with Gasteiger partial charge in [0.05, 0.1) is 26.1 Å². The van der Waals surface area contributed by atoms with Crippen LogP contribution in [0.4, 0.5) is 11.4 Å². The van der Waals surface area contributed by atoms with Crippen molar-refractivity contribution in [3.8, 4) is 11.5 Å². The molecule has 0 fully saturated rings. The summed E-state index contributed by atoms with van der Waals surface area (Å²) in [4.78, 5) is 0. The van der Waals surface area contributed by atoms with Gasteiger partial charge in [0.15, 0.2) is 5.11 Å². The van der Waals surface area contributed by atoms with Crippen molar-refractivity contribution in [3.05, 3.63) is 84.4 Å². The van der Waals surface area contributed by atoms with E-state index in [1.807, 2.05) is 78.9 Å². The van der Waals surface area contributed by atoms with Gasteiger partial charge in [-0.25, -0.2) is 5.01 Å². The maximum absolute atomic E-state index is 5.61. The first-order valence-electron chi connectivity index (χ1n) is 8.68. The smallest absolute Gasteiger partial charge is 0.198 e. The molecule has 0 aliphatic heterocycles. The molecule has 0 radical (unpaired) electrons. The van der Waals surface area contributed by atoms with Crippen LogP contribution in [-0.2, 0) is 0 Å². The van der Waals surface area contributed by atoms with Crippen LogP contribution >= 0.6 is 12.2 Å². The summed E-state index contributed by atoms with van der Waals surface area (Å²) in [5.74, 6) is 1.38. The number of hydrogen-bond donors (Lipinski definition) is 1. The molecule has 28 heavy (non-hydrogen) atoms. The fourth-order valence-corrected chi connectivity index (χ4v) is 2.82. The number of hydrogen-bond acceptors (Lipinski definition) is 4. The van der Waals surface area contributed by atoms with E-state index in [0.717, 1.165) is 22.7 Å². The fraction of sp³-hybridized carbons (Fsp3) is 0.0909. The van der Waals surface area contributed by atoms with E-state index in [4.69, 9.17) is 21.7 Å². The van der Waals surface area contributed by atoms with Crippen LogP contribution in [0.2, 0.25) is 0 Å². The third kappa shape index (κ3) is 4.86. The summed E-state index contributed by atoms with van der Waals surface area (Å²) in [5, 5.41) is 9.96. The largest absolute Gasteiger partial charge is 0.497 e. The Kier molecular flexibility index (Phi) is 6.59. The number of methoxy groups -OCH3 is 2. The van der Waals surface area contributed by atoms with E-state index < -0.39 is 0 Å². The van der Waals surface area contributed by atoms with Crippen LogP contribution in [0.25, 0.3) is 0 Å². The molecular formula is C22H21N3O2S. The molecule has 0 aliphatic rings. The van der Waals surface area contributed by atoms with Crippen LogP contribution in [0.15, 0.2) is 84.0 Å². The minimum atomic E-state index is 0.459. The van der Waals surface area contributed by atoms with Gasteiger partial charge in [-0.15, -0.1) is 0 Å². The van der Waals surface area contributed by atoms with E-state index in [1.165, 1.54) is 0 Å². The first-order valence-corrected chi connectivity index (χ1v) is 9.09. The van der Waals surface area contributed by atoms with Crippen LogP contribution in [0, 0.1) is 0 Å². The van der Waals surface area contributed by atoms with E-state index >= 15 is 0 Å². The molecule has 3 rings (SSSR count). The molecule has 0 bridgehead atoms. The zero-order valence-electron chi connectivity index (χ0n) is 15.7. The van der Waals surface area contributed by atoms with Crippen LogP contribution in [0.5, 0.6) is 11.5 Å². The molecule has 0 saturated heterocycles. The SMILES string of the molecule is COc1ccc(C=NN(C(=S)Nc2ccccc2)c2ccccc2)c(OC)c1. The van der Waals surface area contributed by atoms with E-state index in [0.29, 0.717) is 10.9 Å². The highest BCUT2D eigenvalue weighted by atomic mass is 32.1. The monoisotopic (exact) mass is 391 g/mol. The van der Waals surface area contributed by atoms with Crippen LogP contribution in [0.3, 0.4) is 0 Å². The highest BCUT2D eigenvalue weighted by molar-refractivity contribution is 7.80. The van der Waals surface area contributed by atoms with Crippen molar-refractivity contribution in [2.75, 3.05) is 24.5 Å². The summed E-state index contributed by atoms with van der Waals surface area (Å²) >= 11 is 5.61. The lowest BCUT2D eigenvalue weighted by atomic mass is 10.2. The predicted octanol–water partition coefficient (Wildman–Crippen LogP) is 4.94. The Hall–Kier alpha value is -3.38. The van der Waals surface area contributed by atoms with Gasteiger partial charge in [-0.05, 0) is 48.6 Å². The number of benzene rings is 3. The first-order chi connectivity index (χ1) is 13.7. The molecule has 0 aromatic heterocycles. The second kappa shape index (κ2) is 9.53. The highest BCUT2D eigenvalue weighted by Gasteiger charge is 2.12. The van der Waals surface area contributed by atoms with Crippen molar-refractivity contribution in [1.82, 2.24) is 0 Å². The molecule has 0 heterocycles. The summed E-state index contributed by atoms with van der Waals surface area (Å²) in [7, 11) is 3.23. The van der Waals surface area contributed by atoms with Crippen molar-refractivity contribution in [2.24, 2.45) is 5.10 Å². The third-order valence-electron chi connectivity index (χ3n) is 3.97. The number of rotatable bonds is 6. The number of thiocarbonyl (C=S) groups is 1. The van der Waals surface area contributed by atoms with E-state index in [2.05, 4.69) is 10.4 Å². The van der Waals surface area contributed by atoms with Gasteiger partial charge in [-0.2, -0.15) is 5.10 Å². The first kappa shape index (κ1) is 19.4. The van der Waals surface area contributed by atoms with Gasteiger partial charge >= 0.3 is 0 Å². The van der Waals surface area contributed by atoms with E-state index in [1.54, 1.807) is 25.4 Å². The maximum atomic E-state index is 5.61. The average molecular weight is 391 g/mol. The zero-order valence-corrected chi connectivity index (χ0v) is 16.5. The lowest BCUT2D eigenvalue weighted by molar-refractivity contribution is 0.394. The van der Waals surface area contributed by atoms with Crippen LogP contribution in [0.1, 0.15) is 5.56 Å². The Morgan fingerprint density at radius 1 is 0.929 bits per heavy atom. The second-order valence-electron chi connectivity index (χ2n) is 5.80. The molecular weight excluding hydrogens is 370 g/mol. The molecule has 0 amide bonds. The van der Waals surface area contributed by atoms with E-state index in [9.17, 15) is 0 Å². The molecule has 1 N–H and O–H groups in total. The van der Waals surface area contributed by atoms with Crippen molar-refractivity contribution < 1.29 is 9.47 Å². The van der Waals surface area contributed by atoms with Crippen molar-refractivity contribution in [2.45, 2.75) is 0 Å². The number of nitrogens with one attached hydrogen (secondary N) is 1. The van der Waals surface area contributed by atoms with E-state index in [-0.39, 0.29) is 0 Å². The fourth-order valence-electron chi connectivity index (χ4n) is 2.55. The highest BCUT2D eigenvalue weighted by Crippen LogP contribution is 2.24. The van der Waals surface area contributed by atoms with Crippen molar-refractivity contribution >= 4 is 34.9 Å². The molecule has 6 heteroatoms. The molecule has 0 aliphatic carbocycles. The standard InChI is InChI=1S/C22H21N3O2S/c1-26-20-14-13-17(21(15-20)27-2)16-23-25(19-11-7-4-8-12-19)22(28)24-18-9-5-3-6-10-18/h3-16H,1-2H3,(H,24,28). The third-order valence-corrected chi connectivity index (χ3v) is 4.25. The van der Waals surface area contributed by atoms with Gasteiger partial charge in [-0.3, -0.25) is 0 Å². The number of anilines is 2. The summed E-state index contributed by atoms with van der Waals surface area (Å²) in [6.45, 7) is 0. The Morgan fingerprint density at radius 2 is 1.61 bits per heavy atom. The minimum Gasteiger partial charge on any atom is -0.497 e. The number of ether oxygens (including phenoxy) is 2. The lowest BCUT2D eigenvalue weighted by Gasteiger charge is -2.21. The van der Waals surface area contributed by atoms with Crippen LogP contribution < -0.4 is 19.8 Å². The lowest BCUT2D eigenvalue weighted by Crippen LogP contribution is -2.30. The summed E-state index contributed by atoms with van der Waals surface area (Å²) in [6, 6.07) is 25.0. The van der Waals surface area contributed by atoms with Gasteiger partial charge in [0.25, 0.3) is 0 Å². The molecule has 0 spiro atoms. The minimum absolute atomic E-state index is 0.459. The summed E-state index contributed by atoms with van der Waals surface area (Å²) in [6.07, 6.45) is 1.71. The molecule has 0 saturated carbocycles. The molecule has 3 aromatic carbocycles. The Balaban J connectivity index is 1.89. The second-order valence-corrected chi connectivity index (χ2v) is 6.18. The molecule has 0 atom stereocenters. The Bertz CT molecular complexity index is 947. The molecule has 142 valence electrons. The van der Waals surface area contributed by atoms with Crippen molar-refractivity contribution in [3.63, 3.8) is 0 Å². The van der Waals surface area contributed by atoms with Gasteiger partial charge in [-0.1, -0.05) is 36.4 Å². The Labute approximate surface area is 170 Å². The van der Waals surface area contributed by atoms with Gasteiger partial charge in [0, 0.05) is 17.3 Å². The predicted molar refractivity (Wildman–Crippen MR) is 119 cm³/mol. The Morgan fingerprint density at radius 3 is 2.25 bits per heavy atom. The quantitative estimate of drug-likeness (QED) is 0.366. The summed E-state index contributed by atoms with van der Waals surface area (Å²) < 4.78 is 10.7. The number of hydrazone groups is 1. The van der Waals surface area contributed by atoms with Gasteiger partial charge in [0.1, 0.15) is 11.5 Å². The van der Waals surface area contributed by atoms with Gasteiger partial charge in [0.2, 0.25) is 0 Å². The normalized spacial score (nSPS) is 10.5. The zero-order chi connectivity index (χ0) is 19.8. The van der Waals surface area contributed by atoms with Crippen molar-refractivity contribution in [1.29, 1.82) is 0 Å².